The zero-order valence-corrected chi connectivity index (χ0v) is 19.7. The Bertz CT molecular complexity index is 1130. The summed E-state index contributed by atoms with van der Waals surface area (Å²) in [6.45, 7) is 6.83. The number of nitrogens with zero attached hydrogens (tertiary/aromatic N) is 3. The maximum atomic E-state index is 12.5. The van der Waals surface area contributed by atoms with E-state index in [1.807, 2.05) is 38.4 Å². The molecular weight excluding hydrogens is 422 g/mol. The maximum absolute atomic E-state index is 12.5. The Kier molecular flexibility index (Phi) is 6.72. The van der Waals surface area contributed by atoms with Crippen LogP contribution in [0.3, 0.4) is 0 Å². The lowest BCUT2D eigenvalue weighted by molar-refractivity contribution is 0.372. The molecule has 0 spiro atoms. The number of benzene rings is 1. The number of H-pyrrole nitrogens is 1. The van der Waals surface area contributed by atoms with Crippen molar-refractivity contribution in [3.8, 4) is 16.9 Å². The summed E-state index contributed by atoms with van der Waals surface area (Å²) in [6.07, 6.45) is 1.83. The van der Waals surface area contributed by atoms with E-state index >= 15 is 0 Å². The van der Waals surface area contributed by atoms with Gasteiger partial charge in [0.25, 0.3) is 0 Å². The Balaban J connectivity index is 1.51. The van der Waals surface area contributed by atoms with Gasteiger partial charge in [0.1, 0.15) is 17.4 Å². The van der Waals surface area contributed by atoms with Crippen molar-refractivity contribution in [1.82, 2.24) is 14.3 Å². The smallest absolute Gasteiger partial charge is 0.250 e. The standard InChI is InChI=1S/C24H29N5O2S/c1-16-14-26-22(25-3)13-21(16)18-11-23(27-24(30)12-18)29-10-9-28(15-17(29)2)32-20-7-5-19(31-4)6-8-20/h5-8,11-14,17H,9-10,15H2,1-4H3,(H,25,26)(H,27,30). The topological polar surface area (TPSA) is 73.5 Å². The van der Waals surface area contributed by atoms with Crippen molar-refractivity contribution >= 4 is 23.6 Å². The second-order valence-corrected chi connectivity index (χ2v) is 9.12. The minimum Gasteiger partial charge on any atom is -0.497 e. The van der Waals surface area contributed by atoms with Crippen LogP contribution in [0.15, 0.2) is 58.4 Å². The molecule has 2 N–H and O–H groups in total. The van der Waals surface area contributed by atoms with Gasteiger partial charge in [-0.25, -0.2) is 9.29 Å². The van der Waals surface area contributed by atoms with Gasteiger partial charge in [0.2, 0.25) is 5.56 Å². The number of aromatic nitrogens is 2. The molecule has 1 atom stereocenters. The molecule has 7 nitrogen and oxygen atoms in total. The molecule has 0 radical (unpaired) electrons. The highest BCUT2D eigenvalue weighted by Crippen LogP contribution is 2.30. The summed E-state index contributed by atoms with van der Waals surface area (Å²) >= 11 is 1.76. The van der Waals surface area contributed by atoms with Crippen LogP contribution in [-0.2, 0) is 0 Å². The molecule has 0 bridgehead atoms. The Morgan fingerprint density at radius 3 is 2.66 bits per heavy atom. The largest absolute Gasteiger partial charge is 0.497 e. The summed E-state index contributed by atoms with van der Waals surface area (Å²) in [5.41, 5.74) is 2.86. The minimum atomic E-state index is -0.0954. The van der Waals surface area contributed by atoms with E-state index in [2.05, 4.69) is 49.6 Å². The number of aromatic amines is 1. The molecule has 32 heavy (non-hydrogen) atoms. The van der Waals surface area contributed by atoms with Crippen molar-refractivity contribution < 1.29 is 4.74 Å². The molecule has 2 aromatic heterocycles. The van der Waals surface area contributed by atoms with Gasteiger partial charge >= 0.3 is 0 Å². The van der Waals surface area contributed by atoms with Crippen LogP contribution in [0.5, 0.6) is 5.75 Å². The van der Waals surface area contributed by atoms with Crippen LogP contribution in [0.4, 0.5) is 11.6 Å². The third-order valence-corrected chi connectivity index (χ3v) is 6.77. The van der Waals surface area contributed by atoms with E-state index in [0.29, 0.717) is 0 Å². The highest BCUT2D eigenvalue weighted by Gasteiger charge is 2.25. The van der Waals surface area contributed by atoms with Crippen LogP contribution in [0.25, 0.3) is 11.1 Å². The molecule has 1 aromatic carbocycles. The summed E-state index contributed by atoms with van der Waals surface area (Å²) in [7, 11) is 3.52. The molecule has 8 heteroatoms. The van der Waals surface area contributed by atoms with E-state index in [9.17, 15) is 4.79 Å². The Morgan fingerprint density at radius 2 is 1.97 bits per heavy atom. The van der Waals surface area contributed by atoms with Crippen LogP contribution in [0.1, 0.15) is 12.5 Å². The van der Waals surface area contributed by atoms with Crippen LogP contribution in [-0.4, -0.2) is 54.1 Å². The van der Waals surface area contributed by atoms with Crippen LogP contribution >= 0.6 is 11.9 Å². The first-order chi connectivity index (χ1) is 15.5. The number of piperazine rings is 1. The van der Waals surface area contributed by atoms with Gasteiger partial charge in [-0.1, -0.05) is 0 Å². The number of rotatable bonds is 6. The molecular formula is C24H29N5O2S. The Hall–Kier alpha value is -2.97. The molecule has 1 unspecified atom stereocenters. The SMILES string of the molecule is CNc1cc(-c2cc(N3CCN(Sc4ccc(OC)cc4)CC3C)[nH]c(=O)c2)c(C)cn1. The Morgan fingerprint density at radius 1 is 1.19 bits per heavy atom. The van der Waals surface area contributed by atoms with Crippen molar-refractivity contribution in [2.75, 3.05) is 44.0 Å². The maximum Gasteiger partial charge on any atom is 0.250 e. The number of aryl methyl sites for hydroxylation is 1. The molecule has 3 aromatic rings. The summed E-state index contributed by atoms with van der Waals surface area (Å²) in [5, 5.41) is 3.07. The van der Waals surface area contributed by atoms with Crippen molar-refractivity contribution in [3.63, 3.8) is 0 Å². The molecule has 1 saturated heterocycles. The van der Waals surface area contributed by atoms with E-state index in [1.165, 1.54) is 4.90 Å². The highest BCUT2D eigenvalue weighted by atomic mass is 32.2. The zero-order valence-electron chi connectivity index (χ0n) is 18.9. The monoisotopic (exact) mass is 451 g/mol. The number of nitrogens with one attached hydrogen (secondary N) is 2. The summed E-state index contributed by atoms with van der Waals surface area (Å²) in [6, 6.07) is 14.1. The summed E-state index contributed by atoms with van der Waals surface area (Å²) in [4.78, 5) is 23.4. The minimum absolute atomic E-state index is 0.0954. The third-order valence-electron chi connectivity index (χ3n) is 5.69. The van der Waals surface area contributed by atoms with Crippen LogP contribution < -0.4 is 20.5 Å². The number of pyridine rings is 2. The third kappa shape index (κ3) is 4.92. The zero-order chi connectivity index (χ0) is 22.7. The van der Waals surface area contributed by atoms with Crippen LogP contribution in [0.2, 0.25) is 0 Å². The quantitative estimate of drug-likeness (QED) is 0.549. The van der Waals surface area contributed by atoms with Gasteiger partial charge in [0, 0.05) is 49.9 Å². The van der Waals surface area contributed by atoms with E-state index in [-0.39, 0.29) is 11.6 Å². The fourth-order valence-corrected chi connectivity index (χ4v) is 4.98. The van der Waals surface area contributed by atoms with Gasteiger partial charge in [0.05, 0.1) is 7.11 Å². The molecule has 0 aliphatic carbocycles. The summed E-state index contributed by atoms with van der Waals surface area (Å²) < 4.78 is 7.62. The highest BCUT2D eigenvalue weighted by molar-refractivity contribution is 7.97. The van der Waals surface area contributed by atoms with Crippen molar-refractivity contribution in [2.45, 2.75) is 24.8 Å². The molecule has 1 aliphatic heterocycles. The van der Waals surface area contributed by atoms with Gasteiger partial charge in [-0.2, -0.15) is 0 Å². The molecule has 4 rings (SSSR count). The lowest BCUT2D eigenvalue weighted by atomic mass is 10.0. The number of hydrogen-bond acceptors (Lipinski definition) is 7. The first-order valence-corrected chi connectivity index (χ1v) is 11.5. The fraction of sp³-hybridized carbons (Fsp3) is 0.333. The van der Waals surface area contributed by atoms with Crippen molar-refractivity contribution in [1.29, 1.82) is 0 Å². The van der Waals surface area contributed by atoms with Gasteiger partial charge in [-0.05, 0) is 78.9 Å². The number of anilines is 2. The van der Waals surface area contributed by atoms with Gasteiger partial charge < -0.3 is 19.9 Å². The van der Waals surface area contributed by atoms with E-state index < -0.39 is 0 Å². The molecule has 168 valence electrons. The average molecular weight is 452 g/mol. The predicted octanol–water partition coefficient (Wildman–Crippen LogP) is 4.01. The summed E-state index contributed by atoms with van der Waals surface area (Å²) in [5.74, 6) is 2.50. The lowest BCUT2D eigenvalue weighted by Gasteiger charge is -2.40. The molecule has 1 aliphatic rings. The van der Waals surface area contributed by atoms with E-state index in [0.717, 1.165) is 53.7 Å². The normalized spacial score (nSPS) is 16.8. The predicted molar refractivity (Wildman–Crippen MR) is 132 cm³/mol. The molecule has 0 saturated carbocycles. The number of hydrogen-bond donors (Lipinski definition) is 2. The lowest BCUT2D eigenvalue weighted by Crippen LogP contribution is -2.50. The second-order valence-electron chi connectivity index (χ2n) is 7.95. The molecule has 1 fully saturated rings. The van der Waals surface area contributed by atoms with E-state index in [4.69, 9.17) is 4.74 Å². The molecule has 0 amide bonds. The number of ether oxygens (including phenoxy) is 1. The van der Waals surface area contributed by atoms with Gasteiger partial charge in [0.15, 0.2) is 0 Å². The first kappa shape index (κ1) is 22.2. The fourth-order valence-electron chi connectivity index (χ4n) is 3.96. The molecule has 3 heterocycles. The van der Waals surface area contributed by atoms with Crippen LogP contribution in [0, 0.1) is 6.92 Å². The van der Waals surface area contributed by atoms with Crippen molar-refractivity contribution in [3.05, 3.63) is 64.6 Å². The second kappa shape index (κ2) is 9.67. The van der Waals surface area contributed by atoms with Crippen molar-refractivity contribution in [2.24, 2.45) is 0 Å². The number of methoxy groups -OCH3 is 1. The average Bonchev–Trinajstić information content (AvgIpc) is 2.79. The van der Waals surface area contributed by atoms with E-state index in [1.54, 1.807) is 25.1 Å². The Labute approximate surface area is 193 Å². The van der Waals surface area contributed by atoms with Gasteiger partial charge in [-0.3, -0.25) is 4.79 Å². The first-order valence-electron chi connectivity index (χ1n) is 10.7. The van der Waals surface area contributed by atoms with Gasteiger partial charge in [-0.15, -0.1) is 0 Å².